The highest BCUT2D eigenvalue weighted by Gasteiger charge is 2.77. The smallest absolute Gasteiger partial charge is 0.306 e. The van der Waals surface area contributed by atoms with Crippen LogP contribution in [0.15, 0.2) is 55.6 Å². The summed E-state index contributed by atoms with van der Waals surface area (Å²) < 4.78 is 12.3. The number of likely N-dealkylation sites (tertiary alicyclic amines) is 1. The van der Waals surface area contributed by atoms with E-state index in [-0.39, 0.29) is 48.7 Å². The Kier molecular flexibility index (Phi) is 11.8. The molecule has 4 rings (SSSR count). The molecule has 3 aliphatic heterocycles. The summed E-state index contributed by atoms with van der Waals surface area (Å²) in [5.74, 6) is -3.51. The lowest BCUT2D eigenvalue weighted by Gasteiger charge is -2.44. The molecular weight excluding hydrogens is 666 g/mol. The summed E-state index contributed by atoms with van der Waals surface area (Å²) in [5.41, 5.74) is -1.16. The first-order chi connectivity index (χ1) is 22.3. The fourth-order valence-electron chi connectivity index (χ4n) is 7.43. The van der Waals surface area contributed by atoms with Crippen molar-refractivity contribution in [2.75, 3.05) is 19.8 Å². The summed E-state index contributed by atoms with van der Waals surface area (Å²) in [6.07, 6.45) is 4.28. The first kappa shape index (κ1) is 36.8. The highest BCUT2D eigenvalue weighted by atomic mass is 79.9. The maximum Gasteiger partial charge on any atom is 0.306 e. The molecule has 2 bridgehead atoms. The van der Waals surface area contributed by atoms with Crippen LogP contribution in [0, 0.1) is 17.8 Å². The fraction of sp³-hybridized carbons (Fsp3) is 0.611. The second-order valence-corrected chi connectivity index (χ2v) is 15.1. The third kappa shape index (κ3) is 7.08. The minimum Gasteiger partial charge on any atom is -0.463 e. The molecule has 258 valence electrons. The summed E-state index contributed by atoms with van der Waals surface area (Å²) in [5, 5.41) is 13.7. The van der Waals surface area contributed by atoms with E-state index >= 15 is 0 Å². The van der Waals surface area contributed by atoms with Crippen molar-refractivity contribution in [1.29, 1.82) is 0 Å². The standard InChI is InChI=1S/C36H50BrN3O7/c1-8-11-17-27(42)46-21-25(23-15-13-12-14-16-23)38-32(43)28-29-33(44)40(26(20-41)22(4)10-3)31(36(29)19-24(37)30(28)47-36)34(45)39(18-9-2)35(5,6)7/h8-9,12-16,22,24-26,28-31,41H,1-2,10-11,17-21H2,3-7H3,(H,38,43)/t22-,24?,25+,26-,28-,29+,30-,31-,36+/m0/s1. The molecule has 3 heterocycles. The van der Waals surface area contributed by atoms with E-state index in [9.17, 15) is 24.3 Å². The number of rotatable bonds is 15. The number of amides is 3. The molecule has 1 spiro atoms. The Hall–Kier alpha value is -3.02. The maximum atomic E-state index is 14.7. The number of alkyl halides is 1. The van der Waals surface area contributed by atoms with Crippen LogP contribution in [0.2, 0.25) is 0 Å². The lowest BCUT2D eigenvalue weighted by Crippen LogP contribution is -2.62. The van der Waals surface area contributed by atoms with Crippen molar-refractivity contribution in [2.45, 2.75) is 100 Å². The third-order valence-electron chi connectivity index (χ3n) is 9.98. The predicted octanol–water partition coefficient (Wildman–Crippen LogP) is 4.32. The molecule has 9 atom stereocenters. The van der Waals surface area contributed by atoms with Gasteiger partial charge in [0, 0.05) is 23.3 Å². The number of nitrogens with zero attached hydrogens (tertiary/aromatic N) is 2. The van der Waals surface area contributed by atoms with Crippen LogP contribution in [0.25, 0.3) is 0 Å². The van der Waals surface area contributed by atoms with Gasteiger partial charge in [-0.05, 0) is 45.1 Å². The second-order valence-electron chi connectivity index (χ2n) is 13.9. The van der Waals surface area contributed by atoms with Crippen LogP contribution in [0.3, 0.4) is 0 Å². The maximum absolute atomic E-state index is 14.7. The zero-order chi connectivity index (χ0) is 34.7. The average Bonchev–Trinajstić information content (AvgIpc) is 3.63. The van der Waals surface area contributed by atoms with E-state index in [0.29, 0.717) is 19.3 Å². The van der Waals surface area contributed by atoms with Gasteiger partial charge in [-0.25, -0.2) is 0 Å². The van der Waals surface area contributed by atoms with Crippen molar-refractivity contribution < 1.29 is 33.8 Å². The number of halogens is 1. The Morgan fingerprint density at radius 2 is 1.91 bits per heavy atom. The zero-order valence-electron chi connectivity index (χ0n) is 28.2. The van der Waals surface area contributed by atoms with Crippen molar-refractivity contribution in [3.05, 3.63) is 61.2 Å². The van der Waals surface area contributed by atoms with Crippen molar-refractivity contribution >= 4 is 39.6 Å². The minimum absolute atomic E-state index is 0.0958. The van der Waals surface area contributed by atoms with Crippen LogP contribution < -0.4 is 5.32 Å². The number of ether oxygens (including phenoxy) is 2. The number of hydrogen-bond donors (Lipinski definition) is 2. The van der Waals surface area contributed by atoms with Crippen LogP contribution in [0.5, 0.6) is 0 Å². The van der Waals surface area contributed by atoms with Gasteiger partial charge in [0.15, 0.2) is 0 Å². The highest BCUT2D eigenvalue weighted by Crippen LogP contribution is 2.61. The number of aliphatic hydroxyl groups excluding tert-OH is 1. The molecule has 3 aliphatic rings. The topological polar surface area (TPSA) is 125 Å². The van der Waals surface area contributed by atoms with E-state index in [1.165, 1.54) is 4.90 Å². The average molecular weight is 717 g/mol. The molecule has 2 N–H and O–H groups in total. The molecule has 10 nitrogen and oxygen atoms in total. The molecule has 0 saturated carbocycles. The van der Waals surface area contributed by atoms with Crippen LogP contribution in [-0.4, -0.2) is 92.5 Å². The minimum atomic E-state index is -1.29. The van der Waals surface area contributed by atoms with Gasteiger partial charge in [0.05, 0.1) is 36.6 Å². The summed E-state index contributed by atoms with van der Waals surface area (Å²) in [6.45, 7) is 17.0. The largest absolute Gasteiger partial charge is 0.463 e. The van der Waals surface area contributed by atoms with Gasteiger partial charge in [0.1, 0.15) is 18.2 Å². The molecule has 3 fully saturated rings. The Morgan fingerprint density at radius 3 is 2.49 bits per heavy atom. The Morgan fingerprint density at radius 1 is 1.23 bits per heavy atom. The van der Waals surface area contributed by atoms with Crippen LogP contribution in [0.1, 0.15) is 71.9 Å². The molecule has 11 heteroatoms. The summed E-state index contributed by atoms with van der Waals surface area (Å²) >= 11 is 3.74. The highest BCUT2D eigenvalue weighted by molar-refractivity contribution is 9.09. The van der Waals surface area contributed by atoms with Crippen molar-refractivity contribution in [3.8, 4) is 0 Å². The number of aliphatic hydroxyl groups is 1. The molecule has 3 amide bonds. The number of carbonyl (C=O) groups excluding carboxylic acids is 4. The molecule has 0 aliphatic carbocycles. The van der Waals surface area contributed by atoms with Gasteiger partial charge in [-0.1, -0.05) is 78.7 Å². The van der Waals surface area contributed by atoms with Crippen molar-refractivity contribution in [2.24, 2.45) is 17.8 Å². The number of fused-ring (bicyclic) bond motifs is 1. The molecule has 0 aromatic heterocycles. The molecule has 47 heavy (non-hydrogen) atoms. The molecule has 1 aromatic rings. The van der Waals surface area contributed by atoms with Crippen LogP contribution in [0.4, 0.5) is 0 Å². The first-order valence-electron chi connectivity index (χ1n) is 16.6. The van der Waals surface area contributed by atoms with Gasteiger partial charge in [0.25, 0.3) is 0 Å². The van der Waals surface area contributed by atoms with E-state index < -0.39 is 59.1 Å². The van der Waals surface area contributed by atoms with Crippen LogP contribution in [-0.2, 0) is 28.7 Å². The predicted molar refractivity (Wildman–Crippen MR) is 182 cm³/mol. The summed E-state index contributed by atoms with van der Waals surface area (Å²) in [6, 6.07) is 6.81. The molecule has 0 radical (unpaired) electrons. The monoisotopic (exact) mass is 715 g/mol. The molecule has 1 aromatic carbocycles. The van der Waals surface area contributed by atoms with Gasteiger partial charge in [0.2, 0.25) is 17.7 Å². The quantitative estimate of drug-likeness (QED) is 0.157. The van der Waals surface area contributed by atoms with Gasteiger partial charge in [-0.3, -0.25) is 19.2 Å². The SMILES string of the molecule is C=CCCC(=O)OC[C@@H](NC(=O)[C@@H]1[C@H]2O[C@@]3(CC2Br)[C@H](C(=O)N(CC=C)C(C)(C)C)N([C@@H](CO)[C@@H](C)CC)C(=O)[C@@H]13)c1ccccc1. The number of carbonyl (C=O) groups is 4. The van der Waals surface area contributed by atoms with E-state index in [0.717, 1.165) is 5.56 Å². The third-order valence-corrected chi connectivity index (χ3v) is 10.8. The van der Waals surface area contributed by atoms with Gasteiger partial charge in [-0.15, -0.1) is 13.2 Å². The van der Waals surface area contributed by atoms with E-state index in [1.807, 2.05) is 65.0 Å². The normalized spacial score (nSPS) is 28.3. The summed E-state index contributed by atoms with van der Waals surface area (Å²) in [7, 11) is 0. The lowest BCUT2D eigenvalue weighted by molar-refractivity contribution is -0.155. The molecule has 3 saturated heterocycles. The van der Waals surface area contributed by atoms with E-state index in [1.54, 1.807) is 17.1 Å². The number of hydrogen-bond acceptors (Lipinski definition) is 7. The fourth-order valence-corrected chi connectivity index (χ4v) is 8.37. The first-order valence-corrected chi connectivity index (χ1v) is 17.5. The van der Waals surface area contributed by atoms with Gasteiger partial charge >= 0.3 is 5.97 Å². The molecular formula is C36H50BrN3O7. The van der Waals surface area contributed by atoms with Gasteiger partial charge < -0.3 is 29.7 Å². The number of nitrogens with one attached hydrogen (secondary N) is 1. The van der Waals surface area contributed by atoms with Crippen LogP contribution >= 0.6 is 15.9 Å². The van der Waals surface area contributed by atoms with Crippen molar-refractivity contribution in [3.63, 3.8) is 0 Å². The van der Waals surface area contributed by atoms with E-state index in [4.69, 9.17) is 9.47 Å². The number of benzene rings is 1. The van der Waals surface area contributed by atoms with Gasteiger partial charge in [-0.2, -0.15) is 0 Å². The second kappa shape index (κ2) is 15.0. The number of esters is 1. The van der Waals surface area contributed by atoms with Crippen molar-refractivity contribution in [1.82, 2.24) is 15.1 Å². The van der Waals surface area contributed by atoms with E-state index in [2.05, 4.69) is 34.4 Å². The molecule has 1 unspecified atom stereocenters. The number of allylic oxidation sites excluding steroid dienone is 1. The Bertz CT molecular complexity index is 1330. The zero-order valence-corrected chi connectivity index (χ0v) is 29.8. The Balaban J connectivity index is 1.74. The summed E-state index contributed by atoms with van der Waals surface area (Å²) in [4.78, 5) is 59.1. The Labute approximate surface area is 287 Å². The lowest BCUT2D eigenvalue weighted by atomic mass is 9.70.